The first-order chi connectivity index (χ1) is 10.6. The zero-order valence-electron chi connectivity index (χ0n) is 12.8. The number of hydrogen-bond acceptors (Lipinski definition) is 4. The van der Waals surface area contributed by atoms with E-state index in [4.69, 9.17) is 9.47 Å². The van der Waals surface area contributed by atoms with Crippen LogP contribution in [0.4, 0.5) is 5.69 Å². The molecule has 0 fully saturated rings. The smallest absolute Gasteiger partial charge is 0.265 e. The highest BCUT2D eigenvalue weighted by atomic mass is 32.2. The maximum atomic E-state index is 12.1. The van der Waals surface area contributed by atoms with Gasteiger partial charge < -0.3 is 14.8 Å². The SMILES string of the molecule is COc1ccc(NC(=O)[C@H](C)Oc2ccc(SC)cc2)cc1. The number of ether oxygens (including phenoxy) is 2. The Hall–Kier alpha value is -2.14. The lowest BCUT2D eigenvalue weighted by Gasteiger charge is -2.15. The molecule has 5 heteroatoms. The van der Waals surface area contributed by atoms with Crippen LogP contribution in [0.25, 0.3) is 0 Å². The quantitative estimate of drug-likeness (QED) is 0.823. The van der Waals surface area contributed by atoms with Gasteiger partial charge in [0.1, 0.15) is 11.5 Å². The molecule has 0 saturated carbocycles. The molecule has 22 heavy (non-hydrogen) atoms. The van der Waals surface area contributed by atoms with Crippen LogP contribution in [0.5, 0.6) is 11.5 Å². The van der Waals surface area contributed by atoms with Crippen molar-refractivity contribution in [2.24, 2.45) is 0 Å². The fourth-order valence-corrected chi connectivity index (χ4v) is 2.24. The van der Waals surface area contributed by atoms with E-state index in [1.807, 2.05) is 30.5 Å². The van der Waals surface area contributed by atoms with Gasteiger partial charge in [-0.15, -0.1) is 11.8 Å². The molecule has 116 valence electrons. The molecule has 2 aromatic carbocycles. The minimum Gasteiger partial charge on any atom is -0.497 e. The fraction of sp³-hybridized carbons (Fsp3) is 0.235. The van der Waals surface area contributed by atoms with Gasteiger partial charge in [-0.1, -0.05) is 0 Å². The van der Waals surface area contributed by atoms with Crippen LogP contribution in [0, 0.1) is 0 Å². The lowest BCUT2D eigenvalue weighted by Crippen LogP contribution is -2.30. The van der Waals surface area contributed by atoms with Gasteiger partial charge in [0.05, 0.1) is 7.11 Å². The molecule has 1 N–H and O–H groups in total. The van der Waals surface area contributed by atoms with Crippen LogP contribution in [0.1, 0.15) is 6.92 Å². The van der Waals surface area contributed by atoms with Crippen molar-refractivity contribution in [3.8, 4) is 11.5 Å². The molecule has 0 bridgehead atoms. The Kier molecular flexibility index (Phi) is 5.72. The second-order valence-corrected chi connectivity index (χ2v) is 5.53. The predicted octanol–water partition coefficient (Wildman–Crippen LogP) is 3.82. The van der Waals surface area contributed by atoms with Crippen LogP contribution in [-0.4, -0.2) is 25.4 Å². The molecule has 0 saturated heterocycles. The van der Waals surface area contributed by atoms with Gasteiger partial charge in [0.25, 0.3) is 5.91 Å². The normalized spacial score (nSPS) is 11.6. The number of anilines is 1. The number of carbonyl (C=O) groups is 1. The molecule has 0 aliphatic heterocycles. The van der Waals surface area contributed by atoms with Crippen LogP contribution in [-0.2, 0) is 4.79 Å². The van der Waals surface area contributed by atoms with Gasteiger partial charge in [-0.25, -0.2) is 0 Å². The standard InChI is InChI=1S/C17H19NO3S/c1-12(21-15-8-10-16(22-3)11-9-15)17(19)18-13-4-6-14(20-2)7-5-13/h4-12H,1-3H3,(H,18,19)/t12-/m0/s1. The number of rotatable bonds is 6. The molecule has 1 amide bonds. The molecule has 2 aromatic rings. The average Bonchev–Trinajstić information content (AvgIpc) is 2.56. The summed E-state index contributed by atoms with van der Waals surface area (Å²) >= 11 is 1.66. The highest BCUT2D eigenvalue weighted by molar-refractivity contribution is 7.98. The summed E-state index contributed by atoms with van der Waals surface area (Å²) < 4.78 is 10.7. The summed E-state index contributed by atoms with van der Waals surface area (Å²) in [5, 5.41) is 2.81. The summed E-state index contributed by atoms with van der Waals surface area (Å²) in [7, 11) is 1.60. The maximum absolute atomic E-state index is 12.1. The van der Waals surface area contributed by atoms with Gasteiger partial charge >= 0.3 is 0 Å². The first-order valence-corrected chi connectivity index (χ1v) is 8.10. The van der Waals surface area contributed by atoms with Crippen molar-refractivity contribution in [1.29, 1.82) is 0 Å². The fourth-order valence-electron chi connectivity index (χ4n) is 1.83. The lowest BCUT2D eigenvalue weighted by molar-refractivity contribution is -0.122. The molecule has 1 atom stereocenters. The van der Waals surface area contributed by atoms with Gasteiger partial charge in [0.15, 0.2) is 6.10 Å². The minimum atomic E-state index is -0.581. The van der Waals surface area contributed by atoms with Crippen molar-refractivity contribution < 1.29 is 14.3 Å². The van der Waals surface area contributed by atoms with E-state index in [-0.39, 0.29) is 5.91 Å². The third kappa shape index (κ3) is 4.43. The van der Waals surface area contributed by atoms with Gasteiger partial charge in [-0.05, 0) is 61.7 Å². The van der Waals surface area contributed by atoms with E-state index in [1.54, 1.807) is 50.1 Å². The summed E-state index contributed by atoms with van der Waals surface area (Å²) in [4.78, 5) is 13.3. The van der Waals surface area contributed by atoms with Crippen LogP contribution in [0.2, 0.25) is 0 Å². The summed E-state index contributed by atoms with van der Waals surface area (Å²) in [5.74, 6) is 1.23. The Balaban J connectivity index is 1.92. The van der Waals surface area contributed by atoms with Crippen molar-refractivity contribution in [2.75, 3.05) is 18.7 Å². The van der Waals surface area contributed by atoms with E-state index in [0.29, 0.717) is 11.4 Å². The van der Waals surface area contributed by atoms with E-state index in [0.717, 1.165) is 10.6 Å². The van der Waals surface area contributed by atoms with Crippen LogP contribution >= 0.6 is 11.8 Å². The number of carbonyl (C=O) groups excluding carboxylic acids is 1. The second-order valence-electron chi connectivity index (χ2n) is 4.65. The Bertz CT molecular complexity index is 611. The number of nitrogens with one attached hydrogen (secondary N) is 1. The van der Waals surface area contributed by atoms with E-state index < -0.39 is 6.10 Å². The van der Waals surface area contributed by atoms with Crippen LogP contribution in [0.3, 0.4) is 0 Å². The zero-order valence-corrected chi connectivity index (χ0v) is 13.6. The molecule has 4 nitrogen and oxygen atoms in total. The van der Waals surface area contributed by atoms with Crippen molar-refractivity contribution >= 4 is 23.4 Å². The van der Waals surface area contributed by atoms with Crippen LogP contribution in [0.15, 0.2) is 53.4 Å². The molecule has 0 aromatic heterocycles. The summed E-state index contributed by atoms with van der Waals surface area (Å²) in [6, 6.07) is 14.8. The third-order valence-corrected chi connectivity index (χ3v) is 3.84. The first-order valence-electron chi connectivity index (χ1n) is 6.88. The van der Waals surface area contributed by atoms with E-state index >= 15 is 0 Å². The number of hydrogen-bond donors (Lipinski definition) is 1. The topological polar surface area (TPSA) is 47.6 Å². The van der Waals surface area contributed by atoms with Crippen molar-refractivity contribution in [3.05, 3.63) is 48.5 Å². The molecule has 2 rings (SSSR count). The highest BCUT2D eigenvalue weighted by Gasteiger charge is 2.14. The Morgan fingerprint density at radius 1 is 1.05 bits per heavy atom. The molecular formula is C17H19NO3S. The van der Waals surface area contributed by atoms with E-state index in [9.17, 15) is 4.79 Å². The monoisotopic (exact) mass is 317 g/mol. The average molecular weight is 317 g/mol. The van der Waals surface area contributed by atoms with Crippen molar-refractivity contribution in [2.45, 2.75) is 17.9 Å². The van der Waals surface area contributed by atoms with Gasteiger partial charge in [0.2, 0.25) is 0 Å². The van der Waals surface area contributed by atoms with Crippen molar-refractivity contribution in [3.63, 3.8) is 0 Å². The molecule has 0 aliphatic rings. The van der Waals surface area contributed by atoms with Gasteiger partial charge in [-0.2, -0.15) is 0 Å². The van der Waals surface area contributed by atoms with Gasteiger partial charge in [0, 0.05) is 10.6 Å². The first kappa shape index (κ1) is 16.2. The Morgan fingerprint density at radius 3 is 2.18 bits per heavy atom. The van der Waals surface area contributed by atoms with Crippen molar-refractivity contribution in [1.82, 2.24) is 0 Å². The van der Waals surface area contributed by atoms with Gasteiger partial charge in [-0.3, -0.25) is 4.79 Å². The number of methoxy groups -OCH3 is 1. The molecule has 0 heterocycles. The third-order valence-electron chi connectivity index (χ3n) is 3.10. The zero-order chi connectivity index (χ0) is 15.9. The molecule has 0 spiro atoms. The largest absolute Gasteiger partial charge is 0.497 e. The highest BCUT2D eigenvalue weighted by Crippen LogP contribution is 2.20. The molecule has 0 unspecified atom stereocenters. The summed E-state index contributed by atoms with van der Waals surface area (Å²) in [5.41, 5.74) is 0.707. The molecule has 0 aliphatic carbocycles. The summed E-state index contributed by atoms with van der Waals surface area (Å²) in [6.45, 7) is 1.72. The predicted molar refractivity (Wildman–Crippen MR) is 89.9 cm³/mol. The number of thioether (sulfide) groups is 1. The maximum Gasteiger partial charge on any atom is 0.265 e. The number of benzene rings is 2. The Morgan fingerprint density at radius 2 is 1.64 bits per heavy atom. The molecule has 0 radical (unpaired) electrons. The second kappa shape index (κ2) is 7.75. The van der Waals surface area contributed by atoms with E-state index in [2.05, 4.69) is 5.32 Å². The number of amides is 1. The van der Waals surface area contributed by atoms with E-state index in [1.165, 1.54) is 0 Å². The lowest BCUT2D eigenvalue weighted by atomic mass is 10.2. The Labute approximate surface area is 134 Å². The minimum absolute atomic E-state index is 0.195. The summed E-state index contributed by atoms with van der Waals surface area (Å²) in [6.07, 6.45) is 1.43. The molecular weight excluding hydrogens is 298 g/mol. The van der Waals surface area contributed by atoms with Crippen LogP contribution < -0.4 is 14.8 Å².